The molecule has 1 aromatic rings. The maximum atomic E-state index is 12.0. The molecule has 1 fully saturated rings. The summed E-state index contributed by atoms with van der Waals surface area (Å²) in [6, 6.07) is 6.28. The maximum absolute atomic E-state index is 12.0. The van der Waals surface area contributed by atoms with Crippen LogP contribution >= 0.6 is 0 Å². The Labute approximate surface area is 111 Å². The van der Waals surface area contributed by atoms with Gasteiger partial charge in [-0.2, -0.15) is 0 Å². The molecule has 0 bridgehead atoms. The Bertz CT molecular complexity index is 546. The fourth-order valence-electron chi connectivity index (χ4n) is 1.78. The van der Waals surface area contributed by atoms with Crippen molar-refractivity contribution in [2.24, 2.45) is 0 Å². The van der Waals surface area contributed by atoms with Gasteiger partial charge in [0.2, 0.25) is 10.0 Å². The topological polar surface area (TPSA) is 72.9 Å². The van der Waals surface area contributed by atoms with E-state index in [1.165, 1.54) is 7.11 Å². The van der Waals surface area contributed by atoms with Crippen molar-refractivity contribution in [3.8, 4) is 0 Å². The third kappa shape index (κ3) is 3.31. The average molecular weight is 285 g/mol. The van der Waals surface area contributed by atoms with E-state index in [-0.39, 0.29) is 5.75 Å². The lowest BCUT2D eigenvalue weighted by Gasteiger charge is -2.14. The van der Waals surface area contributed by atoms with Crippen molar-refractivity contribution in [2.75, 3.05) is 20.3 Å². The summed E-state index contributed by atoms with van der Waals surface area (Å²) in [5.74, 6) is -0.591. The van der Waals surface area contributed by atoms with Crippen LogP contribution in [0.15, 0.2) is 24.3 Å². The number of nitrogens with zero attached hydrogens (tertiary/aromatic N) is 1. The van der Waals surface area contributed by atoms with E-state index in [0.29, 0.717) is 30.7 Å². The first-order valence-corrected chi connectivity index (χ1v) is 7.44. The molecule has 0 amide bonds. The van der Waals surface area contributed by atoms with Crippen molar-refractivity contribution >= 4 is 16.0 Å². The molecule has 6 nitrogen and oxygen atoms in total. The minimum absolute atomic E-state index is 0.144. The highest BCUT2D eigenvalue weighted by atomic mass is 32.2. The van der Waals surface area contributed by atoms with Gasteiger partial charge in [0.25, 0.3) is 0 Å². The van der Waals surface area contributed by atoms with Crippen LogP contribution in [0.25, 0.3) is 0 Å². The molecule has 1 saturated heterocycles. The molecule has 1 aromatic carbocycles. The third-order valence-corrected chi connectivity index (χ3v) is 4.36. The van der Waals surface area contributed by atoms with Crippen molar-refractivity contribution in [1.82, 2.24) is 4.47 Å². The van der Waals surface area contributed by atoms with Crippen LogP contribution in [0.4, 0.5) is 0 Å². The molecule has 19 heavy (non-hydrogen) atoms. The van der Waals surface area contributed by atoms with Crippen LogP contribution in [0.2, 0.25) is 0 Å². The van der Waals surface area contributed by atoms with Gasteiger partial charge < -0.3 is 4.74 Å². The number of hydrogen-bond donors (Lipinski definition) is 0. The molecule has 1 heterocycles. The highest BCUT2D eigenvalue weighted by Gasteiger charge is 2.26. The van der Waals surface area contributed by atoms with Crippen LogP contribution in [0, 0.1) is 0 Å². The number of methoxy groups -OCH3 is 1. The second kappa shape index (κ2) is 5.68. The quantitative estimate of drug-likeness (QED) is 0.770. The van der Waals surface area contributed by atoms with E-state index in [9.17, 15) is 13.2 Å². The normalized spacial score (nSPS) is 16.5. The molecule has 0 N–H and O–H groups in total. The smallest absolute Gasteiger partial charge is 0.337 e. The molecule has 0 unspecified atom stereocenters. The lowest BCUT2D eigenvalue weighted by atomic mass is 10.1. The zero-order valence-electron chi connectivity index (χ0n) is 10.5. The van der Waals surface area contributed by atoms with Gasteiger partial charge in [-0.1, -0.05) is 16.6 Å². The Hall–Kier alpha value is -1.44. The lowest BCUT2D eigenvalue weighted by molar-refractivity contribution is -0.0286. The molecule has 0 aromatic heterocycles. The van der Waals surface area contributed by atoms with Crippen LogP contribution in [0.5, 0.6) is 0 Å². The van der Waals surface area contributed by atoms with E-state index in [0.717, 1.165) is 4.47 Å². The Morgan fingerprint density at radius 1 is 1.37 bits per heavy atom. The summed E-state index contributed by atoms with van der Waals surface area (Å²) in [6.45, 7) is 0.823. The number of esters is 1. The van der Waals surface area contributed by atoms with Crippen LogP contribution in [0.1, 0.15) is 22.3 Å². The number of hydrogen-bond acceptors (Lipinski definition) is 5. The first-order chi connectivity index (χ1) is 9.03. The summed E-state index contributed by atoms with van der Waals surface area (Å²) in [5, 5.41) is 0. The Kier molecular flexibility index (Phi) is 4.18. The van der Waals surface area contributed by atoms with Crippen LogP contribution in [0.3, 0.4) is 0 Å². The van der Waals surface area contributed by atoms with Crippen molar-refractivity contribution in [2.45, 2.75) is 12.2 Å². The molecule has 1 aliphatic heterocycles. The standard InChI is InChI=1S/C12H15NO5S/c1-17-12(14)11-5-3-10(4-6-11)9-19(15,16)13-7-2-8-18-13/h3-6H,2,7-9H2,1H3. The Morgan fingerprint density at radius 3 is 2.58 bits per heavy atom. The van der Waals surface area contributed by atoms with Gasteiger partial charge in [0.15, 0.2) is 0 Å². The number of sulfonamides is 1. The van der Waals surface area contributed by atoms with Gasteiger partial charge in [0.1, 0.15) is 0 Å². The first-order valence-electron chi connectivity index (χ1n) is 5.83. The molecule has 0 spiro atoms. The van der Waals surface area contributed by atoms with Gasteiger partial charge in [0.05, 0.1) is 25.0 Å². The third-order valence-electron chi connectivity index (χ3n) is 2.75. The summed E-state index contributed by atoms with van der Waals surface area (Å²) in [6.07, 6.45) is 0.709. The van der Waals surface area contributed by atoms with Crippen molar-refractivity contribution < 1.29 is 22.8 Å². The largest absolute Gasteiger partial charge is 0.465 e. The fraction of sp³-hybridized carbons (Fsp3) is 0.417. The van der Waals surface area contributed by atoms with E-state index >= 15 is 0 Å². The van der Waals surface area contributed by atoms with E-state index in [1.54, 1.807) is 24.3 Å². The number of ether oxygens (including phenoxy) is 1. The molecule has 0 aliphatic carbocycles. The van der Waals surface area contributed by atoms with E-state index in [2.05, 4.69) is 4.74 Å². The monoisotopic (exact) mass is 285 g/mol. The predicted octanol–water partition coefficient (Wildman–Crippen LogP) is 0.940. The maximum Gasteiger partial charge on any atom is 0.337 e. The van der Waals surface area contributed by atoms with Gasteiger partial charge >= 0.3 is 5.97 Å². The minimum Gasteiger partial charge on any atom is -0.465 e. The fourth-order valence-corrected chi connectivity index (χ4v) is 3.18. The molecule has 0 atom stereocenters. The van der Waals surface area contributed by atoms with E-state index in [1.807, 2.05) is 0 Å². The summed E-state index contributed by atoms with van der Waals surface area (Å²) in [7, 11) is -2.16. The lowest BCUT2D eigenvalue weighted by Crippen LogP contribution is -2.28. The number of benzene rings is 1. The van der Waals surface area contributed by atoms with E-state index < -0.39 is 16.0 Å². The highest BCUT2D eigenvalue weighted by molar-refractivity contribution is 7.88. The highest BCUT2D eigenvalue weighted by Crippen LogP contribution is 2.16. The number of rotatable bonds is 4. The first kappa shape index (κ1) is 14.0. The molecule has 7 heteroatoms. The second-order valence-corrected chi connectivity index (χ2v) is 6.02. The second-order valence-electron chi connectivity index (χ2n) is 4.16. The number of carbonyl (C=O) groups excluding carboxylic acids is 1. The van der Waals surface area contributed by atoms with Crippen molar-refractivity contribution in [1.29, 1.82) is 0 Å². The molecule has 0 saturated carbocycles. The summed E-state index contributed by atoms with van der Waals surface area (Å²) in [4.78, 5) is 16.3. The van der Waals surface area contributed by atoms with Crippen LogP contribution < -0.4 is 0 Å². The van der Waals surface area contributed by atoms with Gasteiger partial charge in [-0.25, -0.2) is 13.2 Å². The van der Waals surface area contributed by atoms with Gasteiger partial charge in [-0.3, -0.25) is 4.84 Å². The van der Waals surface area contributed by atoms with Gasteiger partial charge in [-0.05, 0) is 24.1 Å². The molecular formula is C12H15NO5S. The summed E-state index contributed by atoms with van der Waals surface area (Å²) in [5.41, 5.74) is 0.990. The molecule has 0 radical (unpaired) electrons. The zero-order valence-corrected chi connectivity index (χ0v) is 11.4. The zero-order chi connectivity index (χ0) is 13.9. The van der Waals surface area contributed by atoms with E-state index in [4.69, 9.17) is 4.84 Å². The average Bonchev–Trinajstić information content (AvgIpc) is 2.93. The predicted molar refractivity (Wildman–Crippen MR) is 67.7 cm³/mol. The van der Waals surface area contributed by atoms with Crippen molar-refractivity contribution in [3.05, 3.63) is 35.4 Å². The molecule has 1 aliphatic rings. The van der Waals surface area contributed by atoms with Crippen molar-refractivity contribution in [3.63, 3.8) is 0 Å². The SMILES string of the molecule is COC(=O)c1ccc(CS(=O)(=O)N2CCCO2)cc1. The Morgan fingerprint density at radius 2 is 2.05 bits per heavy atom. The van der Waals surface area contributed by atoms with Gasteiger partial charge in [-0.15, -0.1) is 0 Å². The van der Waals surface area contributed by atoms with Crippen LogP contribution in [-0.4, -0.2) is 39.1 Å². The summed E-state index contributed by atoms with van der Waals surface area (Å²) >= 11 is 0. The molecule has 104 valence electrons. The summed E-state index contributed by atoms with van der Waals surface area (Å²) < 4.78 is 29.6. The number of hydroxylamine groups is 1. The van der Waals surface area contributed by atoms with Gasteiger partial charge in [0, 0.05) is 6.54 Å². The molecule has 2 rings (SSSR count). The minimum atomic E-state index is -3.46. The molecular weight excluding hydrogens is 270 g/mol. The van der Waals surface area contributed by atoms with Crippen LogP contribution in [-0.2, 0) is 25.4 Å². The number of carbonyl (C=O) groups is 1. The Balaban J connectivity index is 2.09.